The van der Waals surface area contributed by atoms with E-state index in [1.807, 2.05) is 18.2 Å². The number of nitrogens with one attached hydrogen (secondary N) is 1. The molecule has 5 heteroatoms. The lowest BCUT2D eigenvalue weighted by Gasteiger charge is -2.26. The Morgan fingerprint density at radius 3 is 2.67 bits per heavy atom. The van der Waals surface area contributed by atoms with Gasteiger partial charge in [-0.05, 0) is 5.56 Å². The highest BCUT2D eigenvalue weighted by atomic mass is 15.1. The lowest BCUT2D eigenvalue weighted by molar-refractivity contribution is 0.576. The second-order valence-corrected chi connectivity index (χ2v) is 4.43. The smallest absolute Gasteiger partial charge is 0.222 e. The summed E-state index contributed by atoms with van der Waals surface area (Å²) in [5, 5.41) is 3.35. The van der Waals surface area contributed by atoms with Gasteiger partial charge in [-0.15, -0.1) is 0 Å². The van der Waals surface area contributed by atoms with Crippen molar-refractivity contribution in [1.29, 1.82) is 0 Å². The fourth-order valence-electron chi connectivity index (χ4n) is 2.41. The first-order chi connectivity index (χ1) is 8.75. The summed E-state index contributed by atoms with van der Waals surface area (Å²) in [4.78, 5) is 8.40. The average molecular weight is 241 g/mol. The number of nitrogen functional groups attached to an aromatic ring is 2. The number of anilines is 2. The molecule has 0 bridgehead atoms. The van der Waals surface area contributed by atoms with Crippen LogP contribution in [-0.2, 0) is 6.54 Å². The molecule has 1 aliphatic heterocycles. The van der Waals surface area contributed by atoms with Crippen molar-refractivity contribution in [3.05, 3.63) is 47.2 Å². The molecule has 0 radical (unpaired) electrons. The van der Waals surface area contributed by atoms with E-state index in [1.54, 1.807) is 0 Å². The lowest BCUT2D eigenvalue weighted by Crippen LogP contribution is -2.31. The number of nitrogens with zero attached hydrogens (tertiary/aromatic N) is 2. The fourth-order valence-corrected chi connectivity index (χ4v) is 2.41. The summed E-state index contributed by atoms with van der Waals surface area (Å²) in [6.07, 6.45) is 0. The first-order valence-corrected chi connectivity index (χ1v) is 5.93. The monoisotopic (exact) mass is 241 g/mol. The van der Waals surface area contributed by atoms with E-state index in [9.17, 15) is 0 Å². The van der Waals surface area contributed by atoms with Gasteiger partial charge in [-0.2, -0.15) is 4.98 Å². The molecule has 5 nitrogen and oxygen atoms in total. The van der Waals surface area contributed by atoms with E-state index < -0.39 is 0 Å². The number of benzene rings is 1. The summed E-state index contributed by atoms with van der Waals surface area (Å²) >= 11 is 0. The van der Waals surface area contributed by atoms with Crippen LogP contribution in [0.5, 0.6) is 0 Å². The van der Waals surface area contributed by atoms with Crippen LogP contribution in [0.4, 0.5) is 11.8 Å². The highest BCUT2D eigenvalue weighted by Crippen LogP contribution is 2.30. The summed E-state index contributed by atoms with van der Waals surface area (Å²) in [6, 6.07) is 10.2. The number of fused-ring (bicyclic) bond motifs is 1. The maximum atomic E-state index is 5.91. The topological polar surface area (TPSA) is 89.8 Å². The second-order valence-electron chi connectivity index (χ2n) is 4.43. The summed E-state index contributed by atoms with van der Waals surface area (Å²) in [5.41, 5.74) is 14.7. The minimum Gasteiger partial charge on any atom is -0.383 e. The number of hydrogen-bond donors (Lipinski definition) is 3. The predicted molar refractivity (Wildman–Crippen MR) is 70.8 cm³/mol. The van der Waals surface area contributed by atoms with Crippen LogP contribution in [0.15, 0.2) is 30.3 Å². The Morgan fingerprint density at radius 1 is 1.11 bits per heavy atom. The standard InChI is InChI=1S/C13H15N5/c14-12-10-7-16-6-9(8-4-2-1-3-5-8)11(10)17-13(15)18-12/h1-5,9,16H,6-7H2,(H4,14,15,17,18). The van der Waals surface area contributed by atoms with E-state index in [4.69, 9.17) is 11.5 Å². The quantitative estimate of drug-likeness (QED) is 0.689. The number of rotatable bonds is 1. The van der Waals surface area contributed by atoms with Gasteiger partial charge in [-0.3, -0.25) is 0 Å². The van der Waals surface area contributed by atoms with Crippen LogP contribution in [-0.4, -0.2) is 16.5 Å². The van der Waals surface area contributed by atoms with Crippen LogP contribution in [0.3, 0.4) is 0 Å². The lowest BCUT2D eigenvalue weighted by atomic mass is 9.90. The van der Waals surface area contributed by atoms with E-state index in [0.717, 1.165) is 17.8 Å². The summed E-state index contributed by atoms with van der Waals surface area (Å²) in [5.74, 6) is 0.905. The zero-order valence-corrected chi connectivity index (χ0v) is 9.93. The van der Waals surface area contributed by atoms with Gasteiger partial charge in [-0.1, -0.05) is 30.3 Å². The largest absolute Gasteiger partial charge is 0.383 e. The molecule has 2 heterocycles. The first kappa shape index (κ1) is 11.0. The van der Waals surface area contributed by atoms with Gasteiger partial charge in [0.2, 0.25) is 5.95 Å². The molecule has 1 atom stereocenters. The van der Waals surface area contributed by atoms with Gasteiger partial charge in [0, 0.05) is 24.6 Å². The normalized spacial score (nSPS) is 18.3. The minimum absolute atomic E-state index is 0.183. The Balaban J connectivity index is 2.12. The van der Waals surface area contributed by atoms with Gasteiger partial charge < -0.3 is 16.8 Å². The third-order valence-electron chi connectivity index (χ3n) is 3.27. The zero-order chi connectivity index (χ0) is 12.5. The number of aromatic nitrogens is 2. The van der Waals surface area contributed by atoms with Gasteiger partial charge in [0.25, 0.3) is 0 Å². The molecular formula is C13H15N5. The molecule has 1 unspecified atom stereocenters. The van der Waals surface area contributed by atoms with Gasteiger partial charge in [-0.25, -0.2) is 4.98 Å². The first-order valence-electron chi connectivity index (χ1n) is 5.93. The molecule has 92 valence electrons. The highest BCUT2D eigenvalue weighted by molar-refractivity contribution is 5.50. The second kappa shape index (κ2) is 4.27. The van der Waals surface area contributed by atoms with E-state index >= 15 is 0 Å². The van der Waals surface area contributed by atoms with E-state index in [1.165, 1.54) is 5.56 Å². The average Bonchev–Trinajstić information content (AvgIpc) is 2.39. The molecule has 1 aliphatic rings. The van der Waals surface area contributed by atoms with Gasteiger partial charge in [0.15, 0.2) is 0 Å². The Labute approximate surface area is 105 Å². The van der Waals surface area contributed by atoms with Crippen LogP contribution < -0.4 is 16.8 Å². The molecule has 0 saturated carbocycles. The highest BCUT2D eigenvalue weighted by Gasteiger charge is 2.25. The molecule has 0 fully saturated rings. The van der Waals surface area contributed by atoms with Gasteiger partial charge in [0.05, 0.1) is 5.69 Å². The molecule has 0 aliphatic carbocycles. The zero-order valence-electron chi connectivity index (χ0n) is 9.93. The minimum atomic E-state index is 0.183. The van der Waals surface area contributed by atoms with E-state index in [-0.39, 0.29) is 11.9 Å². The molecule has 5 N–H and O–H groups in total. The Morgan fingerprint density at radius 2 is 1.89 bits per heavy atom. The van der Waals surface area contributed by atoms with Crippen molar-refractivity contribution in [3.63, 3.8) is 0 Å². The van der Waals surface area contributed by atoms with Crippen LogP contribution in [0.1, 0.15) is 22.7 Å². The Hall–Kier alpha value is -2.14. The van der Waals surface area contributed by atoms with E-state index in [2.05, 4.69) is 27.4 Å². The molecule has 0 saturated heterocycles. The van der Waals surface area contributed by atoms with E-state index in [0.29, 0.717) is 12.4 Å². The molecular weight excluding hydrogens is 226 g/mol. The van der Waals surface area contributed by atoms with Crippen molar-refractivity contribution in [3.8, 4) is 0 Å². The molecule has 0 amide bonds. The fraction of sp³-hybridized carbons (Fsp3) is 0.231. The summed E-state index contributed by atoms with van der Waals surface area (Å²) in [6.45, 7) is 1.54. The Bertz CT molecular complexity index is 567. The van der Waals surface area contributed by atoms with Crippen LogP contribution in [0.25, 0.3) is 0 Å². The SMILES string of the molecule is Nc1nc(N)c2c(n1)C(c1ccccc1)CNC2. The van der Waals surface area contributed by atoms with Crippen LogP contribution >= 0.6 is 0 Å². The van der Waals surface area contributed by atoms with Crippen LogP contribution in [0, 0.1) is 0 Å². The Kier molecular flexibility index (Phi) is 2.60. The molecule has 3 rings (SSSR count). The molecule has 1 aromatic heterocycles. The molecule has 2 aromatic rings. The third kappa shape index (κ3) is 1.78. The van der Waals surface area contributed by atoms with Crippen molar-refractivity contribution in [2.24, 2.45) is 0 Å². The number of hydrogen-bond acceptors (Lipinski definition) is 5. The van der Waals surface area contributed by atoms with Crippen molar-refractivity contribution in [2.45, 2.75) is 12.5 Å². The summed E-state index contributed by atoms with van der Waals surface area (Å²) < 4.78 is 0. The predicted octanol–water partition coefficient (Wildman–Crippen LogP) is 0.876. The third-order valence-corrected chi connectivity index (χ3v) is 3.27. The summed E-state index contributed by atoms with van der Waals surface area (Å²) in [7, 11) is 0. The maximum Gasteiger partial charge on any atom is 0.222 e. The molecule has 18 heavy (non-hydrogen) atoms. The van der Waals surface area contributed by atoms with Crippen molar-refractivity contribution >= 4 is 11.8 Å². The van der Waals surface area contributed by atoms with Gasteiger partial charge >= 0.3 is 0 Å². The van der Waals surface area contributed by atoms with Crippen LogP contribution in [0.2, 0.25) is 0 Å². The van der Waals surface area contributed by atoms with Crippen molar-refractivity contribution < 1.29 is 0 Å². The molecule has 0 spiro atoms. The van der Waals surface area contributed by atoms with Crippen molar-refractivity contribution in [2.75, 3.05) is 18.0 Å². The van der Waals surface area contributed by atoms with Gasteiger partial charge in [0.1, 0.15) is 5.82 Å². The maximum absolute atomic E-state index is 5.91. The van der Waals surface area contributed by atoms with Crippen molar-refractivity contribution in [1.82, 2.24) is 15.3 Å². The number of nitrogens with two attached hydrogens (primary N) is 2. The molecule has 1 aromatic carbocycles.